The normalized spacial score (nSPS) is 10.6. The Labute approximate surface area is 69.4 Å². The van der Waals surface area contributed by atoms with E-state index in [4.69, 9.17) is 0 Å². The fourth-order valence-corrected chi connectivity index (χ4v) is 1.11. The number of hydrogen-bond acceptors (Lipinski definition) is 1. The molecule has 0 aliphatic carbocycles. The van der Waals surface area contributed by atoms with Crippen molar-refractivity contribution in [2.24, 2.45) is 0 Å². The van der Waals surface area contributed by atoms with Gasteiger partial charge in [-0.05, 0) is 15.9 Å². The minimum atomic E-state index is -2.81. The first-order valence-electron chi connectivity index (χ1n) is 2.70. The third-order valence-corrected chi connectivity index (χ3v) is 1.74. The predicted octanol–water partition coefficient (Wildman–Crippen LogP) is 2.92. The minimum Gasteiger partial charge on any atom is -0.260 e. The van der Waals surface area contributed by atoms with E-state index in [1.54, 1.807) is 0 Å². The first-order valence-corrected chi connectivity index (χ1v) is 3.49. The molecule has 0 unspecified atom stereocenters. The van der Waals surface area contributed by atoms with Crippen LogP contribution in [0.15, 0.2) is 16.9 Å². The van der Waals surface area contributed by atoms with E-state index in [2.05, 4.69) is 20.9 Å². The van der Waals surface area contributed by atoms with Crippen molar-refractivity contribution in [3.63, 3.8) is 0 Å². The Morgan fingerprint density at radius 3 is 2.36 bits per heavy atom. The molecule has 0 spiro atoms. The Morgan fingerprint density at radius 1 is 1.36 bits per heavy atom. The summed E-state index contributed by atoms with van der Waals surface area (Å²) in [6.45, 7) is 0. The van der Waals surface area contributed by atoms with Crippen molar-refractivity contribution in [3.8, 4) is 0 Å². The van der Waals surface area contributed by atoms with Gasteiger partial charge in [0.25, 0.3) is 6.43 Å². The number of nitrogens with zero attached hydrogens (tertiary/aromatic N) is 1. The molecule has 0 fully saturated rings. The zero-order valence-electron chi connectivity index (χ0n) is 5.19. The quantitative estimate of drug-likeness (QED) is 0.717. The predicted molar refractivity (Wildman–Crippen MR) is 36.9 cm³/mol. The third-order valence-electron chi connectivity index (χ3n) is 1.11. The van der Waals surface area contributed by atoms with E-state index in [0.717, 1.165) is 12.4 Å². The first kappa shape index (κ1) is 8.52. The molecule has 1 nitrogen and oxygen atoms in total. The minimum absolute atomic E-state index is 0.00694. The van der Waals surface area contributed by atoms with Gasteiger partial charge in [0, 0.05) is 10.7 Å². The lowest BCUT2D eigenvalue weighted by Crippen LogP contribution is -1.93. The molecule has 0 atom stereocenters. The number of aromatic nitrogens is 1. The lowest BCUT2D eigenvalue weighted by Gasteiger charge is -2.01. The van der Waals surface area contributed by atoms with E-state index in [9.17, 15) is 13.2 Å². The molecule has 1 aromatic rings. The summed E-state index contributed by atoms with van der Waals surface area (Å²) in [5, 5.41) is 0. The van der Waals surface area contributed by atoms with Crippen LogP contribution < -0.4 is 0 Å². The number of pyridine rings is 1. The molecule has 0 saturated carbocycles. The largest absolute Gasteiger partial charge is 0.267 e. The summed E-state index contributed by atoms with van der Waals surface area (Å²) in [4.78, 5) is 3.37. The Kier molecular flexibility index (Phi) is 2.49. The van der Waals surface area contributed by atoms with Crippen LogP contribution in [0, 0.1) is 5.82 Å². The van der Waals surface area contributed by atoms with E-state index >= 15 is 0 Å². The van der Waals surface area contributed by atoms with Gasteiger partial charge in [0.1, 0.15) is 0 Å². The standard InChI is InChI=1S/C6H3BrF3N/c7-3-1-11-2-4(8)5(3)6(9)10/h1-2,6H. The SMILES string of the molecule is Fc1cncc(Br)c1C(F)F. The van der Waals surface area contributed by atoms with E-state index in [0.29, 0.717) is 0 Å². The van der Waals surface area contributed by atoms with E-state index in [1.165, 1.54) is 0 Å². The van der Waals surface area contributed by atoms with Gasteiger partial charge in [0.15, 0.2) is 5.82 Å². The summed E-state index contributed by atoms with van der Waals surface area (Å²) in [6.07, 6.45) is -0.927. The van der Waals surface area contributed by atoms with Gasteiger partial charge in [-0.25, -0.2) is 13.2 Å². The third kappa shape index (κ3) is 1.71. The van der Waals surface area contributed by atoms with Gasteiger partial charge in [0.2, 0.25) is 0 Å². The first-order chi connectivity index (χ1) is 5.13. The summed E-state index contributed by atoms with van der Waals surface area (Å²) in [7, 11) is 0. The van der Waals surface area contributed by atoms with Crippen molar-refractivity contribution >= 4 is 15.9 Å². The van der Waals surface area contributed by atoms with Gasteiger partial charge in [-0.3, -0.25) is 4.98 Å². The van der Waals surface area contributed by atoms with Crippen LogP contribution in [0.25, 0.3) is 0 Å². The number of halogens is 4. The van der Waals surface area contributed by atoms with Gasteiger partial charge in [-0.2, -0.15) is 0 Å². The van der Waals surface area contributed by atoms with Crippen molar-refractivity contribution < 1.29 is 13.2 Å². The molecule has 0 aliphatic heterocycles. The van der Waals surface area contributed by atoms with Crippen molar-refractivity contribution in [1.29, 1.82) is 0 Å². The molecule has 0 amide bonds. The smallest absolute Gasteiger partial charge is 0.260 e. The highest BCUT2D eigenvalue weighted by atomic mass is 79.9. The monoisotopic (exact) mass is 225 g/mol. The molecule has 0 radical (unpaired) electrons. The summed E-state index contributed by atoms with van der Waals surface area (Å²) in [5.74, 6) is -0.991. The van der Waals surface area contributed by atoms with Crippen molar-refractivity contribution in [1.82, 2.24) is 4.98 Å². The highest BCUT2D eigenvalue weighted by Crippen LogP contribution is 2.28. The highest BCUT2D eigenvalue weighted by molar-refractivity contribution is 9.10. The van der Waals surface area contributed by atoms with E-state index in [-0.39, 0.29) is 4.47 Å². The Morgan fingerprint density at radius 2 is 2.00 bits per heavy atom. The van der Waals surface area contributed by atoms with Crippen LogP contribution in [0.2, 0.25) is 0 Å². The molecule has 5 heteroatoms. The zero-order valence-corrected chi connectivity index (χ0v) is 6.78. The fourth-order valence-electron chi connectivity index (χ4n) is 0.630. The van der Waals surface area contributed by atoms with Crippen molar-refractivity contribution in [2.45, 2.75) is 6.43 Å². The zero-order chi connectivity index (χ0) is 8.43. The van der Waals surface area contributed by atoms with Gasteiger partial charge in [-0.1, -0.05) is 0 Å². The molecule has 0 aromatic carbocycles. The summed E-state index contributed by atoms with van der Waals surface area (Å²) >= 11 is 2.77. The maximum absolute atomic E-state index is 12.5. The second-order valence-corrected chi connectivity index (χ2v) is 2.67. The summed E-state index contributed by atoms with van der Waals surface area (Å²) in [6, 6.07) is 0. The van der Waals surface area contributed by atoms with Gasteiger partial charge in [-0.15, -0.1) is 0 Å². The van der Waals surface area contributed by atoms with Gasteiger partial charge >= 0.3 is 0 Å². The molecule has 0 aliphatic rings. The van der Waals surface area contributed by atoms with E-state index in [1.807, 2.05) is 0 Å². The molecule has 11 heavy (non-hydrogen) atoms. The summed E-state index contributed by atoms with van der Waals surface area (Å²) < 4.78 is 36.5. The van der Waals surface area contributed by atoms with Crippen LogP contribution in [0.3, 0.4) is 0 Å². The Bertz CT molecular complexity index is 244. The van der Waals surface area contributed by atoms with Crippen LogP contribution >= 0.6 is 15.9 Å². The van der Waals surface area contributed by atoms with Crippen molar-refractivity contribution in [3.05, 3.63) is 28.2 Å². The highest BCUT2D eigenvalue weighted by Gasteiger charge is 2.16. The summed E-state index contributed by atoms with van der Waals surface area (Å²) in [5.41, 5.74) is -0.639. The average molecular weight is 226 g/mol. The maximum Gasteiger partial charge on any atom is 0.267 e. The molecule has 60 valence electrons. The van der Waals surface area contributed by atoms with Crippen LogP contribution in [0.1, 0.15) is 12.0 Å². The van der Waals surface area contributed by atoms with Crippen LogP contribution in [0.5, 0.6) is 0 Å². The number of alkyl halides is 2. The fraction of sp³-hybridized carbons (Fsp3) is 0.167. The maximum atomic E-state index is 12.5. The molecule has 1 aromatic heterocycles. The molecule has 1 rings (SSSR count). The van der Waals surface area contributed by atoms with Gasteiger partial charge < -0.3 is 0 Å². The molecular formula is C6H3BrF3N. The molecular weight excluding hydrogens is 223 g/mol. The van der Waals surface area contributed by atoms with Crippen molar-refractivity contribution in [2.75, 3.05) is 0 Å². The number of hydrogen-bond donors (Lipinski definition) is 0. The second kappa shape index (κ2) is 3.21. The molecule has 1 heterocycles. The van der Waals surface area contributed by atoms with E-state index < -0.39 is 17.8 Å². The Balaban J connectivity index is 3.21. The topological polar surface area (TPSA) is 12.9 Å². The van der Waals surface area contributed by atoms with Crippen LogP contribution in [0.4, 0.5) is 13.2 Å². The second-order valence-electron chi connectivity index (χ2n) is 1.82. The van der Waals surface area contributed by atoms with Gasteiger partial charge in [0.05, 0.1) is 11.8 Å². The average Bonchev–Trinajstić information content (AvgIpc) is 1.85. The van der Waals surface area contributed by atoms with Crippen LogP contribution in [-0.2, 0) is 0 Å². The molecule has 0 N–H and O–H groups in total. The van der Waals surface area contributed by atoms with Crippen LogP contribution in [-0.4, -0.2) is 4.98 Å². The molecule has 0 bridgehead atoms. The molecule has 0 saturated heterocycles. The lowest BCUT2D eigenvalue weighted by molar-refractivity contribution is 0.145. The Hall–Kier alpha value is -0.580. The number of rotatable bonds is 1. The lowest BCUT2D eigenvalue weighted by atomic mass is 10.3.